The average molecular weight is 380 g/mol. The summed E-state index contributed by atoms with van der Waals surface area (Å²) < 4.78 is 16.0. The fourth-order valence-corrected chi connectivity index (χ4v) is 1.98. The van der Waals surface area contributed by atoms with Gasteiger partial charge in [0.05, 0.1) is 18.8 Å². The molecule has 0 fully saturated rings. The first-order valence-corrected chi connectivity index (χ1v) is 8.85. The molecule has 0 heterocycles. The van der Waals surface area contributed by atoms with Gasteiger partial charge < -0.3 is 19.5 Å². The third kappa shape index (κ3) is 8.44. The maximum Gasteiger partial charge on any atom is 0.338 e. The smallest absolute Gasteiger partial charge is 0.338 e. The first kappa shape index (κ1) is 22.3. The second kappa shape index (κ2) is 10.4. The zero-order chi connectivity index (χ0) is 20.4. The largest absolute Gasteiger partial charge is 0.490 e. The number of amides is 3. The Kier molecular flexibility index (Phi) is 8.58. The Hall–Kier alpha value is -2.77. The van der Waals surface area contributed by atoms with Crippen molar-refractivity contribution in [2.45, 2.75) is 46.6 Å². The molecule has 0 spiro atoms. The van der Waals surface area contributed by atoms with Gasteiger partial charge in [0, 0.05) is 5.54 Å². The van der Waals surface area contributed by atoms with Crippen LogP contribution in [-0.4, -0.2) is 43.3 Å². The van der Waals surface area contributed by atoms with Gasteiger partial charge in [-0.25, -0.2) is 9.59 Å². The van der Waals surface area contributed by atoms with Crippen LogP contribution in [0, 0.1) is 0 Å². The molecule has 27 heavy (non-hydrogen) atoms. The molecule has 8 heteroatoms. The van der Waals surface area contributed by atoms with Crippen LogP contribution in [0.5, 0.6) is 11.5 Å². The highest BCUT2D eigenvalue weighted by Gasteiger charge is 2.18. The highest BCUT2D eigenvalue weighted by molar-refractivity contribution is 5.97. The number of hydrogen-bond acceptors (Lipinski definition) is 6. The van der Waals surface area contributed by atoms with Crippen LogP contribution in [-0.2, 0) is 9.53 Å². The van der Waals surface area contributed by atoms with Gasteiger partial charge in [0.2, 0.25) is 0 Å². The molecule has 2 N–H and O–H groups in total. The number of rotatable bonds is 8. The van der Waals surface area contributed by atoms with Crippen molar-refractivity contribution in [2.24, 2.45) is 0 Å². The van der Waals surface area contributed by atoms with Crippen LogP contribution in [0.2, 0.25) is 0 Å². The van der Waals surface area contributed by atoms with E-state index >= 15 is 0 Å². The standard InChI is InChI=1S/C19H28N2O6/c1-6-10-26-14-9-8-13(11-15(14)25-7-2)17(23)27-12-16(22)20-18(24)21-19(3,4)5/h8-9,11H,6-7,10,12H2,1-5H3,(H2,20,21,22,24). The minimum absolute atomic E-state index is 0.217. The van der Waals surface area contributed by atoms with Crippen LogP contribution >= 0.6 is 0 Å². The van der Waals surface area contributed by atoms with E-state index < -0.39 is 30.1 Å². The molecule has 8 nitrogen and oxygen atoms in total. The minimum Gasteiger partial charge on any atom is -0.490 e. The van der Waals surface area contributed by atoms with Crippen LogP contribution in [0.3, 0.4) is 0 Å². The summed E-state index contributed by atoms with van der Waals surface area (Å²) in [4.78, 5) is 35.5. The summed E-state index contributed by atoms with van der Waals surface area (Å²) in [7, 11) is 0. The second-order valence-corrected chi connectivity index (χ2v) is 6.77. The van der Waals surface area contributed by atoms with Gasteiger partial charge in [-0.1, -0.05) is 6.92 Å². The van der Waals surface area contributed by atoms with E-state index in [1.807, 2.05) is 13.8 Å². The molecule has 0 saturated carbocycles. The summed E-state index contributed by atoms with van der Waals surface area (Å²) in [5.74, 6) is -0.469. The van der Waals surface area contributed by atoms with Crippen molar-refractivity contribution in [1.29, 1.82) is 0 Å². The van der Waals surface area contributed by atoms with Crippen molar-refractivity contribution in [3.8, 4) is 11.5 Å². The second-order valence-electron chi connectivity index (χ2n) is 6.77. The lowest BCUT2D eigenvalue weighted by Gasteiger charge is -2.20. The molecule has 1 rings (SSSR count). The normalized spacial score (nSPS) is 10.7. The van der Waals surface area contributed by atoms with Gasteiger partial charge in [0.15, 0.2) is 18.1 Å². The van der Waals surface area contributed by atoms with E-state index in [-0.39, 0.29) is 5.56 Å². The zero-order valence-corrected chi connectivity index (χ0v) is 16.5. The monoisotopic (exact) mass is 380 g/mol. The van der Waals surface area contributed by atoms with E-state index in [4.69, 9.17) is 14.2 Å². The summed E-state index contributed by atoms with van der Waals surface area (Å²) in [6, 6.07) is 3.99. The van der Waals surface area contributed by atoms with Gasteiger partial charge in [-0.2, -0.15) is 0 Å². The quantitative estimate of drug-likeness (QED) is 0.672. The number of imide groups is 1. The van der Waals surface area contributed by atoms with Crippen LogP contribution < -0.4 is 20.1 Å². The molecule has 0 aliphatic rings. The number of esters is 1. The van der Waals surface area contributed by atoms with Crippen LogP contribution in [0.15, 0.2) is 18.2 Å². The first-order chi connectivity index (χ1) is 12.7. The molecule has 0 aliphatic carbocycles. The van der Waals surface area contributed by atoms with Crippen molar-refractivity contribution in [3.05, 3.63) is 23.8 Å². The lowest BCUT2D eigenvalue weighted by molar-refractivity contribution is -0.123. The molecule has 0 aliphatic heterocycles. The first-order valence-electron chi connectivity index (χ1n) is 8.85. The Bertz CT molecular complexity index is 667. The molecule has 0 bridgehead atoms. The SMILES string of the molecule is CCCOc1ccc(C(=O)OCC(=O)NC(=O)NC(C)(C)C)cc1OCC. The molecular weight excluding hydrogens is 352 g/mol. The summed E-state index contributed by atoms with van der Waals surface area (Å²) in [6.45, 7) is 9.50. The number of carbonyl (C=O) groups is 3. The lowest BCUT2D eigenvalue weighted by Crippen LogP contribution is -2.49. The van der Waals surface area contributed by atoms with Gasteiger partial charge in [-0.3, -0.25) is 10.1 Å². The van der Waals surface area contributed by atoms with Gasteiger partial charge in [0.1, 0.15) is 0 Å². The third-order valence-electron chi connectivity index (χ3n) is 3.02. The predicted octanol–water partition coefficient (Wildman–Crippen LogP) is 2.66. The fourth-order valence-electron chi connectivity index (χ4n) is 1.98. The highest BCUT2D eigenvalue weighted by Crippen LogP contribution is 2.29. The van der Waals surface area contributed by atoms with Crippen LogP contribution in [0.4, 0.5) is 4.79 Å². The topological polar surface area (TPSA) is 103 Å². The van der Waals surface area contributed by atoms with E-state index in [1.165, 1.54) is 12.1 Å². The van der Waals surface area contributed by atoms with E-state index in [0.717, 1.165) is 6.42 Å². The number of ether oxygens (including phenoxy) is 3. The number of carbonyl (C=O) groups excluding carboxylic acids is 3. The fraction of sp³-hybridized carbons (Fsp3) is 0.526. The Balaban J connectivity index is 2.64. The number of nitrogens with one attached hydrogen (secondary N) is 2. The summed E-state index contributed by atoms with van der Waals surface area (Å²) in [6.07, 6.45) is 0.841. The highest BCUT2D eigenvalue weighted by atomic mass is 16.5. The molecule has 0 unspecified atom stereocenters. The maximum absolute atomic E-state index is 12.1. The molecule has 1 aromatic carbocycles. The Morgan fingerprint density at radius 1 is 1.04 bits per heavy atom. The van der Waals surface area contributed by atoms with E-state index in [2.05, 4.69) is 10.6 Å². The minimum atomic E-state index is -0.724. The van der Waals surface area contributed by atoms with Gasteiger partial charge in [0.25, 0.3) is 5.91 Å². The van der Waals surface area contributed by atoms with Crippen molar-refractivity contribution >= 4 is 17.9 Å². The molecule has 3 amide bonds. The number of benzene rings is 1. The van der Waals surface area contributed by atoms with Crippen LogP contribution in [0.1, 0.15) is 51.4 Å². The van der Waals surface area contributed by atoms with Gasteiger partial charge in [-0.15, -0.1) is 0 Å². The summed E-state index contributed by atoms with van der Waals surface area (Å²) in [5, 5.41) is 4.67. The maximum atomic E-state index is 12.1. The number of urea groups is 1. The summed E-state index contributed by atoms with van der Waals surface area (Å²) in [5.41, 5.74) is -0.271. The summed E-state index contributed by atoms with van der Waals surface area (Å²) >= 11 is 0. The average Bonchev–Trinajstić information content (AvgIpc) is 2.57. The molecule has 1 aromatic rings. The molecule has 0 aromatic heterocycles. The Morgan fingerprint density at radius 2 is 1.74 bits per heavy atom. The molecule has 0 radical (unpaired) electrons. The third-order valence-corrected chi connectivity index (χ3v) is 3.02. The van der Waals surface area contributed by atoms with E-state index in [0.29, 0.717) is 24.7 Å². The molecule has 0 saturated heterocycles. The van der Waals surface area contributed by atoms with E-state index in [1.54, 1.807) is 26.8 Å². The van der Waals surface area contributed by atoms with Gasteiger partial charge >= 0.3 is 12.0 Å². The van der Waals surface area contributed by atoms with Gasteiger partial charge in [-0.05, 0) is 52.3 Å². The predicted molar refractivity (Wildman–Crippen MR) is 100 cm³/mol. The van der Waals surface area contributed by atoms with E-state index in [9.17, 15) is 14.4 Å². The van der Waals surface area contributed by atoms with Crippen molar-refractivity contribution in [2.75, 3.05) is 19.8 Å². The van der Waals surface area contributed by atoms with Crippen molar-refractivity contribution in [3.63, 3.8) is 0 Å². The Labute approximate surface area is 159 Å². The molecule has 0 atom stereocenters. The zero-order valence-electron chi connectivity index (χ0n) is 16.5. The molecule has 150 valence electrons. The van der Waals surface area contributed by atoms with Crippen molar-refractivity contribution in [1.82, 2.24) is 10.6 Å². The molecular formula is C19H28N2O6. The van der Waals surface area contributed by atoms with Crippen LogP contribution in [0.25, 0.3) is 0 Å². The van der Waals surface area contributed by atoms with Crippen molar-refractivity contribution < 1.29 is 28.6 Å². The number of hydrogen-bond donors (Lipinski definition) is 2. The lowest BCUT2D eigenvalue weighted by atomic mass is 10.1. The Morgan fingerprint density at radius 3 is 2.33 bits per heavy atom.